The maximum Gasteiger partial charge on any atom is 0.134 e. The van der Waals surface area contributed by atoms with E-state index in [1.165, 1.54) is 0 Å². The zero-order valence-electron chi connectivity index (χ0n) is 11.5. The van der Waals surface area contributed by atoms with E-state index >= 15 is 0 Å². The molecule has 4 heteroatoms. The summed E-state index contributed by atoms with van der Waals surface area (Å²) in [5.74, 6) is 1.54. The van der Waals surface area contributed by atoms with Gasteiger partial charge in [0.15, 0.2) is 0 Å². The summed E-state index contributed by atoms with van der Waals surface area (Å²) in [5, 5.41) is 9.02. The summed E-state index contributed by atoms with van der Waals surface area (Å²) in [5.41, 5.74) is 4.23. The fraction of sp³-hybridized carbons (Fsp3) is 0.267. The molecule has 1 N–H and O–H groups in total. The van der Waals surface area contributed by atoms with Gasteiger partial charge in [0.2, 0.25) is 0 Å². The van der Waals surface area contributed by atoms with Crippen LogP contribution in [0.25, 0.3) is 11.3 Å². The van der Waals surface area contributed by atoms with E-state index in [0.717, 1.165) is 34.0 Å². The average Bonchev–Trinajstić information content (AvgIpc) is 2.79. The minimum atomic E-state index is 0.644. The first-order chi connectivity index (χ1) is 9.12. The lowest BCUT2D eigenvalue weighted by Gasteiger charge is -2.13. The maximum atomic E-state index is 9.02. The van der Waals surface area contributed by atoms with Crippen LogP contribution in [0.15, 0.2) is 18.2 Å². The molecule has 0 unspecified atom stereocenters. The molecule has 0 atom stereocenters. The van der Waals surface area contributed by atoms with Gasteiger partial charge >= 0.3 is 0 Å². The molecule has 0 saturated heterocycles. The van der Waals surface area contributed by atoms with Crippen molar-refractivity contribution in [1.29, 1.82) is 5.26 Å². The molecule has 2 aromatic rings. The Labute approximate surface area is 112 Å². The Morgan fingerprint density at radius 1 is 1.16 bits per heavy atom. The van der Waals surface area contributed by atoms with Crippen LogP contribution in [0.2, 0.25) is 0 Å². The van der Waals surface area contributed by atoms with Crippen LogP contribution < -0.4 is 9.47 Å². The van der Waals surface area contributed by atoms with Crippen LogP contribution in [-0.4, -0.2) is 19.2 Å². The Balaban J connectivity index is 2.62. The number of methoxy groups -OCH3 is 2. The normalized spacial score (nSPS) is 10.1. The first kappa shape index (κ1) is 13.0. The Hall–Kier alpha value is -2.41. The van der Waals surface area contributed by atoms with Gasteiger partial charge in [-0.25, -0.2) is 0 Å². The van der Waals surface area contributed by atoms with Crippen molar-refractivity contribution in [2.75, 3.05) is 14.2 Å². The number of rotatable bonds is 3. The molecule has 4 nitrogen and oxygen atoms in total. The summed E-state index contributed by atoms with van der Waals surface area (Å²) in [7, 11) is 3.26. The van der Waals surface area contributed by atoms with Crippen LogP contribution in [-0.2, 0) is 0 Å². The van der Waals surface area contributed by atoms with Gasteiger partial charge in [0.05, 0.1) is 25.5 Å². The Kier molecular flexibility index (Phi) is 3.48. The number of nitrogens with zero attached hydrogens (tertiary/aromatic N) is 1. The largest absolute Gasteiger partial charge is 0.496 e. The van der Waals surface area contributed by atoms with Crippen LogP contribution in [0, 0.1) is 25.2 Å². The zero-order chi connectivity index (χ0) is 14.0. The molecule has 98 valence electrons. The molecule has 19 heavy (non-hydrogen) atoms. The van der Waals surface area contributed by atoms with E-state index in [-0.39, 0.29) is 0 Å². The maximum absolute atomic E-state index is 9.02. The summed E-state index contributed by atoms with van der Waals surface area (Å²) in [6.45, 7) is 3.83. The van der Waals surface area contributed by atoms with Gasteiger partial charge in [0.25, 0.3) is 0 Å². The molecular formula is C15H16N2O2. The molecule has 0 bridgehead atoms. The lowest BCUT2D eigenvalue weighted by molar-refractivity contribution is 0.390. The third-order valence-corrected chi connectivity index (χ3v) is 3.21. The lowest BCUT2D eigenvalue weighted by Crippen LogP contribution is -1.95. The SMILES string of the molecule is COc1ccc(-c2cc(C#N)c(C)[nH]2)c(OC)c1C. The lowest BCUT2D eigenvalue weighted by atomic mass is 10.1. The van der Waals surface area contributed by atoms with Crippen molar-refractivity contribution in [3.8, 4) is 28.8 Å². The van der Waals surface area contributed by atoms with E-state index in [1.807, 2.05) is 32.0 Å². The second-order valence-electron chi connectivity index (χ2n) is 4.31. The Morgan fingerprint density at radius 2 is 1.89 bits per heavy atom. The quantitative estimate of drug-likeness (QED) is 0.917. The average molecular weight is 256 g/mol. The van der Waals surface area contributed by atoms with Crippen LogP contribution in [0.3, 0.4) is 0 Å². The minimum absolute atomic E-state index is 0.644. The highest BCUT2D eigenvalue weighted by Crippen LogP contribution is 2.37. The fourth-order valence-electron chi connectivity index (χ4n) is 2.19. The van der Waals surface area contributed by atoms with E-state index in [4.69, 9.17) is 14.7 Å². The van der Waals surface area contributed by atoms with Gasteiger partial charge < -0.3 is 14.5 Å². The first-order valence-corrected chi connectivity index (χ1v) is 5.94. The molecule has 1 aromatic carbocycles. The van der Waals surface area contributed by atoms with Crippen LogP contribution in [0.1, 0.15) is 16.8 Å². The van der Waals surface area contributed by atoms with Gasteiger partial charge in [-0.05, 0) is 32.0 Å². The fourth-order valence-corrected chi connectivity index (χ4v) is 2.19. The molecule has 1 aromatic heterocycles. The minimum Gasteiger partial charge on any atom is -0.496 e. The second-order valence-corrected chi connectivity index (χ2v) is 4.31. The van der Waals surface area contributed by atoms with Crippen molar-refractivity contribution in [2.24, 2.45) is 0 Å². The number of nitrogens with one attached hydrogen (secondary N) is 1. The highest BCUT2D eigenvalue weighted by molar-refractivity contribution is 5.73. The molecule has 1 heterocycles. The molecule has 0 radical (unpaired) electrons. The number of aryl methyl sites for hydroxylation is 1. The van der Waals surface area contributed by atoms with E-state index in [0.29, 0.717) is 5.56 Å². The van der Waals surface area contributed by atoms with E-state index < -0.39 is 0 Å². The summed E-state index contributed by atoms with van der Waals surface area (Å²) in [4.78, 5) is 3.21. The van der Waals surface area contributed by atoms with Gasteiger partial charge in [0, 0.05) is 16.8 Å². The molecular weight excluding hydrogens is 240 g/mol. The number of benzene rings is 1. The summed E-state index contributed by atoms with van der Waals surface area (Å²) >= 11 is 0. The molecule has 0 aliphatic rings. The summed E-state index contributed by atoms with van der Waals surface area (Å²) in [6, 6.07) is 7.82. The van der Waals surface area contributed by atoms with Crippen molar-refractivity contribution >= 4 is 0 Å². The van der Waals surface area contributed by atoms with Crippen molar-refractivity contribution in [3.63, 3.8) is 0 Å². The van der Waals surface area contributed by atoms with E-state index in [1.54, 1.807) is 14.2 Å². The predicted octanol–water partition coefficient (Wildman–Crippen LogP) is 3.19. The number of hydrogen-bond acceptors (Lipinski definition) is 3. The van der Waals surface area contributed by atoms with E-state index in [9.17, 15) is 0 Å². The third-order valence-electron chi connectivity index (χ3n) is 3.21. The highest BCUT2D eigenvalue weighted by atomic mass is 16.5. The van der Waals surface area contributed by atoms with Crippen LogP contribution in [0.5, 0.6) is 11.5 Å². The number of hydrogen-bond donors (Lipinski definition) is 1. The van der Waals surface area contributed by atoms with Crippen molar-refractivity contribution in [1.82, 2.24) is 4.98 Å². The highest BCUT2D eigenvalue weighted by Gasteiger charge is 2.15. The van der Waals surface area contributed by atoms with Gasteiger partial charge in [-0.15, -0.1) is 0 Å². The number of aromatic nitrogens is 1. The molecule has 0 aliphatic heterocycles. The summed E-state index contributed by atoms with van der Waals surface area (Å²) in [6.07, 6.45) is 0. The van der Waals surface area contributed by atoms with Crippen molar-refractivity contribution < 1.29 is 9.47 Å². The Morgan fingerprint density at radius 3 is 2.42 bits per heavy atom. The number of nitriles is 1. The number of H-pyrrole nitrogens is 1. The van der Waals surface area contributed by atoms with Gasteiger partial charge in [-0.1, -0.05) is 0 Å². The summed E-state index contributed by atoms with van der Waals surface area (Å²) < 4.78 is 10.8. The molecule has 0 aliphatic carbocycles. The topological polar surface area (TPSA) is 58.0 Å². The Bertz CT molecular complexity index is 651. The monoisotopic (exact) mass is 256 g/mol. The number of aromatic amines is 1. The third kappa shape index (κ3) is 2.15. The molecule has 0 amide bonds. The molecule has 0 saturated carbocycles. The van der Waals surface area contributed by atoms with Gasteiger partial charge in [-0.3, -0.25) is 0 Å². The first-order valence-electron chi connectivity index (χ1n) is 5.94. The standard InChI is InChI=1S/C15H16N2O2/c1-9-14(18-3)6-5-12(15(9)19-4)13-7-11(8-16)10(2)17-13/h5-7,17H,1-4H3. The predicted molar refractivity (Wildman–Crippen MR) is 73.5 cm³/mol. The van der Waals surface area contributed by atoms with Crippen LogP contribution >= 0.6 is 0 Å². The van der Waals surface area contributed by atoms with Crippen molar-refractivity contribution in [2.45, 2.75) is 13.8 Å². The molecule has 0 fully saturated rings. The van der Waals surface area contributed by atoms with Gasteiger partial charge in [-0.2, -0.15) is 5.26 Å². The van der Waals surface area contributed by atoms with E-state index in [2.05, 4.69) is 11.1 Å². The van der Waals surface area contributed by atoms with Crippen molar-refractivity contribution in [3.05, 3.63) is 35.0 Å². The number of ether oxygens (including phenoxy) is 2. The van der Waals surface area contributed by atoms with Crippen LogP contribution in [0.4, 0.5) is 0 Å². The van der Waals surface area contributed by atoms with Gasteiger partial charge in [0.1, 0.15) is 17.6 Å². The smallest absolute Gasteiger partial charge is 0.134 e. The zero-order valence-corrected chi connectivity index (χ0v) is 11.5. The molecule has 2 rings (SSSR count). The second kappa shape index (κ2) is 5.07. The molecule has 0 spiro atoms.